The van der Waals surface area contributed by atoms with E-state index in [1.807, 2.05) is 40.8 Å². The van der Waals surface area contributed by atoms with Crippen molar-refractivity contribution in [2.45, 2.75) is 18.9 Å². The molecule has 1 aliphatic carbocycles. The number of alkyl carbamates (subject to hydrolysis) is 1. The summed E-state index contributed by atoms with van der Waals surface area (Å²) in [5.41, 5.74) is 4.68. The van der Waals surface area contributed by atoms with Gasteiger partial charge in [0.25, 0.3) is 0 Å². The van der Waals surface area contributed by atoms with E-state index >= 15 is 0 Å². The number of fused-ring (bicyclic) bond motifs is 1. The lowest BCUT2D eigenvalue weighted by molar-refractivity contribution is 0.100. The molecule has 3 aromatic rings. The largest absolute Gasteiger partial charge is 0.449 e. The molecule has 156 valence electrons. The number of anilines is 1. The summed E-state index contributed by atoms with van der Waals surface area (Å²) in [5, 5.41) is 19.5. The summed E-state index contributed by atoms with van der Waals surface area (Å²) in [6, 6.07) is 10.0. The van der Waals surface area contributed by atoms with Crippen LogP contribution in [0.3, 0.4) is 0 Å². The molecule has 4 rings (SSSR count). The first-order valence-electron chi connectivity index (χ1n) is 9.72. The van der Waals surface area contributed by atoms with Gasteiger partial charge in [0.05, 0.1) is 46.5 Å². The Hall–Kier alpha value is -3.31. The maximum Gasteiger partial charge on any atom is 0.406 e. The summed E-state index contributed by atoms with van der Waals surface area (Å²) in [4.78, 5) is 15.8. The van der Waals surface area contributed by atoms with Crippen LogP contribution in [0.1, 0.15) is 24.0 Å². The third-order valence-corrected chi connectivity index (χ3v) is 5.50. The molecule has 9 heteroatoms. The Bertz CT molecular complexity index is 1230. The third kappa shape index (κ3) is 4.57. The number of rotatable bonds is 5. The lowest BCUT2D eigenvalue weighted by atomic mass is 9.80. The van der Waals surface area contributed by atoms with Crippen LogP contribution in [0.5, 0.6) is 0 Å². The Morgan fingerprint density at radius 1 is 1.35 bits per heavy atom. The molecule has 0 aliphatic heterocycles. The maximum atomic E-state index is 11.2. The SMILES string of the molecule is CNC(=O)OCC1CC(Nc2cc(-c3ccc4cc(C#N)cnn34)ncc2C#CI)C1. The number of ether oxygens (including phenoxy) is 1. The van der Waals surface area contributed by atoms with Gasteiger partial charge >= 0.3 is 6.09 Å². The average molecular weight is 526 g/mol. The molecule has 0 radical (unpaired) electrons. The molecule has 0 aromatic carbocycles. The van der Waals surface area contributed by atoms with E-state index in [0.29, 0.717) is 18.1 Å². The van der Waals surface area contributed by atoms with E-state index in [1.54, 1.807) is 30.0 Å². The molecule has 3 heterocycles. The van der Waals surface area contributed by atoms with Crippen LogP contribution in [0.25, 0.3) is 16.9 Å². The molecular weight excluding hydrogens is 507 g/mol. The number of hydrogen-bond acceptors (Lipinski definition) is 6. The fourth-order valence-corrected chi connectivity index (χ4v) is 3.89. The van der Waals surface area contributed by atoms with Crippen molar-refractivity contribution in [3.05, 3.63) is 47.8 Å². The van der Waals surface area contributed by atoms with Gasteiger partial charge in [0.2, 0.25) is 0 Å². The normalized spacial score (nSPS) is 17.1. The topological polar surface area (TPSA) is 104 Å². The predicted molar refractivity (Wildman–Crippen MR) is 125 cm³/mol. The molecule has 1 amide bonds. The zero-order valence-electron chi connectivity index (χ0n) is 16.7. The number of nitrogens with zero attached hydrogens (tertiary/aromatic N) is 4. The van der Waals surface area contributed by atoms with Crippen molar-refractivity contribution in [2.75, 3.05) is 19.0 Å². The molecule has 31 heavy (non-hydrogen) atoms. The van der Waals surface area contributed by atoms with Crippen LogP contribution < -0.4 is 10.6 Å². The van der Waals surface area contributed by atoms with Gasteiger partial charge in [-0.05, 0) is 47.0 Å². The monoisotopic (exact) mass is 526 g/mol. The molecule has 1 fully saturated rings. The molecule has 3 aromatic heterocycles. The van der Waals surface area contributed by atoms with Crippen molar-refractivity contribution < 1.29 is 9.53 Å². The first-order valence-corrected chi connectivity index (χ1v) is 10.8. The molecule has 0 unspecified atom stereocenters. The summed E-state index contributed by atoms with van der Waals surface area (Å²) in [7, 11) is 1.55. The number of nitrogens with one attached hydrogen (secondary N) is 2. The van der Waals surface area contributed by atoms with Crippen LogP contribution in [0.4, 0.5) is 10.5 Å². The molecular formula is C22H19IN6O2. The first kappa shape index (κ1) is 20.9. The highest BCUT2D eigenvalue weighted by Gasteiger charge is 2.30. The van der Waals surface area contributed by atoms with Crippen LogP contribution >= 0.6 is 22.6 Å². The minimum atomic E-state index is -0.398. The minimum absolute atomic E-state index is 0.281. The summed E-state index contributed by atoms with van der Waals surface area (Å²) in [6.07, 6.45) is 4.74. The number of pyridine rings is 1. The van der Waals surface area contributed by atoms with Gasteiger partial charge < -0.3 is 15.4 Å². The second-order valence-corrected chi connectivity index (χ2v) is 7.81. The molecule has 1 aliphatic rings. The summed E-state index contributed by atoms with van der Waals surface area (Å²) >= 11 is 2.01. The number of carbonyl (C=O) groups is 1. The molecule has 0 saturated heterocycles. The maximum absolute atomic E-state index is 11.2. The zero-order valence-corrected chi connectivity index (χ0v) is 18.9. The second kappa shape index (κ2) is 9.23. The lowest BCUT2D eigenvalue weighted by Gasteiger charge is -2.36. The van der Waals surface area contributed by atoms with Crippen molar-refractivity contribution in [3.63, 3.8) is 0 Å². The molecule has 8 nitrogen and oxygen atoms in total. The van der Waals surface area contributed by atoms with Gasteiger partial charge in [-0.25, -0.2) is 9.31 Å². The predicted octanol–water partition coefficient (Wildman–Crippen LogP) is 3.56. The van der Waals surface area contributed by atoms with E-state index in [9.17, 15) is 4.79 Å². The van der Waals surface area contributed by atoms with E-state index in [0.717, 1.165) is 41.0 Å². The van der Waals surface area contributed by atoms with E-state index < -0.39 is 6.09 Å². The molecule has 0 bridgehead atoms. The average Bonchev–Trinajstić information content (AvgIpc) is 3.19. The number of halogens is 1. The number of hydrogen-bond donors (Lipinski definition) is 2. The first-order chi connectivity index (χ1) is 15.1. The molecule has 1 saturated carbocycles. The third-order valence-electron chi connectivity index (χ3n) is 5.23. The van der Waals surface area contributed by atoms with E-state index in [2.05, 4.69) is 36.6 Å². The van der Waals surface area contributed by atoms with Gasteiger partial charge in [0, 0.05) is 41.9 Å². The van der Waals surface area contributed by atoms with Crippen molar-refractivity contribution >= 4 is 39.9 Å². The Morgan fingerprint density at radius 3 is 2.94 bits per heavy atom. The molecule has 0 spiro atoms. The Kier molecular flexibility index (Phi) is 6.23. The van der Waals surface area contributed by atoms with E-state index in [1.165, 1.54) is 0 Å². The Labute approximate surface area is 193 Å². The Balaban J connectivity index is 1.53. The van der Waals surface area contributed by atoms with Crippen LogP contribution in [-0.4, -0.2) is 40.4 Å². The van der Waals surface area contributed by atoms with Gasteiger partial charge in [-0.15, -0.1) is 0 Å². The number of amides is 1. The van der Waals surface area contributed by atoms with Crippen LogP contribution in [0.2, 0.25) is 0 Å². The Morgan fingerprint density at radius 2 is 2.19 bits per heavy atom. The minimum Gasteiger partial charge on any atom is -0.449 e. The number of aromatic nitrogens is 3. The summed E-state index contributed by atoms with van der Waals surface area (Å²) in [6.45, 7) is 0.423. The van der Waals surface area contributed by atoms with Gasteiger partial charge in [0.15, 0.2) is 0 Å². The highest BCUT2D eigenvalue weighted by Crippen LogP contribution is 2.32. The fourth-order valence-electron chi connectivity index (χ4n) is 3.59. The lowest BCUT2D eigenvalue weighted by Crippen LogP contribution is -2.39. The second-order valence-electron chi connectivity index (χ2n) is 7.27. The van der Waals surface area contributed by atoms with Crippen molar-refractivity contribution in [2.24, 2.45) is 5.92 Å². The smallest absolute Gasteiger partial charge is 0.406 e. The van der Waals surface area contributed by atoms with Crippen molar-refractivity contribution in [3.8, 4) is 27.3 Å². The van der Waals surface area contributed by atoms with Crippen LogP contribution in [-0.2, 0) is 4.74 Å². The van der Waals surface area contributed by atoms with Crippen LogP contribution in [0.15, 0.2) is 36.7 Å². The zero-order chi connectivity index (χ0) is 21.8. The van der Waals surface area contributed by atoms with Crippen LogP contribution in [0, 0.1) is 27.1 Å². The molecule has 0 atom stereocenters. The molecule has 2 N–H and O–H groups in total. The fraction of sp³-hybridized carbons (Fsp3) is 0.273. The summed E-state index contributed by atoms with van der Waals surface area (Å²) < 4.78 is 9.82. The van der Waals surface area contributed by atoms with E-state index in [4.69, 9.17) is 10.00 Å². The summed E-state index contributed by atoms with van der Waals surface area (Å²) in [5.74, 6) is 3.44. The standard InChI is InChI=1S/C22H19IN6O2/c1-25-22(30)31-13-14-6-17(7-14)28-19-9-20(26-12-16(19)4-5-23)21-3-2-18-8-15(10-24)11-27-29(18)21/h2-3,8-9,11-12,14,17H,6-7,13H2,1H3,(H,25,30)(H,26,28). The van der Waals surface area contributed by atoms with Gasteiger partial charge in [-0.2, -0.15) is 10.4 Å². The number of carbonyl (C=O) groups excluding carboxylic acids is 1. The van der Waals surface area contributed by atoms with Gasteiger partial charge in [-0.1, -0.05) is 5.92 Å². The van der Waals surface area contributed by atoms with E-state index in [-0.39, 0.29) is 6.04 Å². The number of nitriles is 1. The quantitative estimate of drug-likeness (QED) is 0.390. The highest BCUT2D eigenvalue weighted by molar-refractivity contribution is 14.1. The van der Waals surface area contributed by atoms with Crippen molar-refractivity contribution in [1.82, 2.24) is 19.9 Å². The van der Waals surface area contributed by atoms with Crippen molar-refractivity contribution in [1.29, 1.82) is 5.26 Å². The highest BCUT2D eigenvalue weighted by atomic mass is 127. The van der Waals surface area contributed by atoms with Gasteiger partial charge in [0.1, 0.15) is 6.07 Å². The van der Waals surface area contributed by atoms with Gasteiger partial charge in [-0.3, -0.25) is 4.98 Å².